The summed E-state index contributed by atoms with van der Waals surface area (Å²) in [6.45, 7) is 4.01. The van der Waals surface area contributed by atoms with Gasteiger partial charge in [0.15, 0.2) is 0 Å². The molecule has 1 rings (SSSR count). The van der Waals surface area contributed by atoms with Crippen molar-refractivity contribution in [2.75, 3.05) is 0 Å². The maximum Gasteiger partial charge on any atom is 0.127 e. The molecule has 0 aliphatic rings. The van der Waals surface area contributed by atoms with Crippen LogP contribution in [-0.2, 0) is 0 Å². The first-order valence-electron chi connectivity index (χ1n) is 4.19. The van der Waals surface area contributed by atoms with Gasteiger partial charge in [-0.05, 0) is 19.9 Å². The summed E-state index contributed by atoms with van der Waals surface area (Å²) in [5.41, 5.74) is 6.77. The highest BCUT2D eigenvalue weighted by atomic mass is 79.9. The van der Waals surface area contributed by atoms with Crippen LogP contribution in [0.2, 0.25) is 0 Å². The molecule has 13 heavy (non-hydrogen) atoms. The van der Waals surface area contributed by atoms with Crippen LogP contribution in [0, 0.1) is 0 Å². The van der Waals surface area contributed by atoms with Crippen molar-refractivity contribution in [1.29, 1.82) is 0 Å². The van der Waals surface area contributed by atoms with Gasteiger partial charge in [0.1, 0.15) is 5.84 Å². The average Bonchev–Trinajstić information content (AvgIpc) is 2.03. The normalized spacial score (nSPS) is 12.2. The number of benzene rings is 1. The predicted molar refractivity (Wildman–Crippen MR) is 60.0 cm³/mol. The molecule has 0 radical (unpaired) electrons. The maximum atomic E-state index is 5.82. The zero-order valence-corrected chi connectivity index (χ0v) is 9.38. The quantitative estimate of drug-likeness (QED) is 0.627. The monoisotopic (exact) mass is 240 g/mol. The second-order valence-electron chi connectivity index (χ2n) is 3.09. The Hall–Kier alpha value is -0.830. The van der Waals surface area contributed by atoms with Crippen molar-refractivity contribution < 1.29 is 0 Å². The van der Waals surface area contributed by atoms with Crippen LogP contribution < -0.4 is 5.73 Å². The number of hydrogen-bond acceptors (Lipinski definition) is 1. The fourth-order valence-electron chi connectivity index (χ4n) is 1.02. The average molecular weight is 241 g/mol. The minimum atomic E-state index is 0.229. The number of nitrogens with zero attached hydrogens (tertiary/aromatic N) is 1. The molecule has 0 aliphatic heterocycles. The summed E-state index contributed by atoms with van der Waals surface area (Å²) in [5.74, 6) is 0.586. The smallest absolute Gasteiger partial charge is 0.127 e. The molecule has 0 spiro atoms. The van der Waals surface area contributed by atoms with Crippen LogP contribution in [-0.4, -0.2) is 11.9 Å². The van der Waals surface area contributed by atoms with E-state index in [1.165, 1.54) is 0 Å². The molecule has 0 heterocycles. The third-order valence-corrected chi connectivity index (χ3v) is 2.24. The second kappa shape index (κ2) is 4.42. The van der Waals surface area contributed by atoms with Crippen LogP contribution in [0.3, 0.4) is 0 Å². The van der Waals surface area contributed by atoms with Gasteiger partial charge in [-0.25, -0.2) is 0 Å². The van der Waals surface area contributed by atoms with Gasteiger partial charge in [-0.3, -0.25) is 4.99 Å². The zero-order valence-electron chi connectivity index (χ0n) is 7.79. The molecule has 0 saturated carbocycles. The standard InChI is InChI=1S/C10H13BrN2/c1-7(2)13-10(12)8-5-3-4-6-9(8)11/h3-7H,1-2H3,(H2,12,13). The molecule has 0 aliphatic carbocycles. The molecule has 0 atom stereocenters. The summed E-state index contributed by atoms with van der Waals surface area (Å²) < 4.78 is 0.983. The van der Waals surface area contributed by atoms with Crippen molar-refractivity contribution in [2.24, 2.45) is 10.7 Å². The fraction of sp³-hybridized carbons (Fsp3) is 0.300. The summed E-state index contributed by atoms with van der Waals surface area (Å²) in [5, 5.41) is 0. The van der Waals surface area contributed by atoms with Gasteiger partial charge in [0.25, 0.3) is 0 Å². The molecule has 1 aromatic rings. The predicted octanol–water partition coefficient (Wildman–Crippen LogP) is 2.56. The lowest BCUT2D eigenvalue weighted by atomic mass is 10.2. The van der Waals surface area contributed by atoms with Crippen LogP contribution in [0.4, 0.5) is 0 Å². The molecule has 0 fully saturated rings. The summed E-state index contributed by atoms with van der Waals surface area (Å²) in [6.07, 6.45) is 0. The molecule has 2 nitrogen and oxygen atoms in total. The van der Waals surface area contributed by atoms with Crippen LogP contribution in [0.25, 0.3) is 0 Å². The fourth-order valence-corrected chi connectivity index (χ4v) is 1.50. The van der Waals surface area contributed by atoms with E-state index in [9.17, 15) is 0 Å². The van der Waals surface area contributed by atoms with E-state index >= 15 is 0 Å². The number of nitrogens with two attached hydrogens (primary N) is 1. The first-order chi connectivity index (χ1) is 6.11. The molecular formula is C10H13BrN2. The molecule has 70 valence electrons. The SMILES string of the molecule is CC(C)N=C(N)c1ccccc1Br. The highest BCUT2D eigenvalue weighted by Crippen LogP contribution is 2.15. The molecule has 0 unspecified atom stereocenters. The van der Waals surface area contributed by atoms with E-state index < -0.39 is 0 Å². The molecule has 2 N–H and O–H groups in total. The van der Waals surface area contributed by atoms with Crippen molar-refractivity contribution in [3.63, 3.8) is 0 Å². The Morgan fingerprint density at radius 3 is 2.54 bits per heavy atom. The Kier molecular flexibility index (Phi) is 3.48. The van der Waals surface area contributed by atoms with E-state index in [4.69, 9.17) is 5.73 Å². The van der Waals surface area contributed by atoms with Gasteiger partial charge in [0.05, 0.1) is 0 Å². The molecule has 0 bridgehead atoms. The Morgan fingerprint density at radius 1 is 1.38 bits per heavy atom. The summed E-state index contributed by atoms with van der Waals surface area (Å²) in [6, 6.07) is 8.04. The first-order valence-corrected chi connectivity index (χ1v) is 4.98. The van der Waals surface area contributed by atoms with Gasteiger partial charge in [0.2, 0.25) is 0 Å². The Balaban J connectivity index is 3.02. The minimum Gasteiger partial charge on any atom is -0.383 e. The van der Waals surface area contributed by atoms with Crippen molar-refractivity contribution in [3.05, 3.63) is 34.3 Å². The summed E-state index contributed by atoms with van der Waals surface area (Å²) in [4.78, 5) is 4.27. The zero-order chi connectivity index (χ0) is 9.84. The van der Waals surface area contributed by atoms with Crippen molar-refractivity contribution >= 4 is 21.8 Å². The molecule has 0 saturated heterocycles. The maximum absolute atomic E-state index is 5.82. The first kappa shape index (κ1) is 10.3. The van der Waals surface area contributed by atoms with E-state index in [0.29, 0.717) is 5.84 Å². The Labute approximate surface area is 87.0 Å². The number of rotatable bonds is 2. The second-order valence-corrected chi connectivity index (χ2v) is 3.94. The lowest BCUT2D eigenvalue weighted by Gasteiger charge is -2.04. The summed E-state index contributed by atoms with van der Waals surface area (Å²) >= 11 is 3.43. The van der Waals surface area contributed by atoms with Gasteiger partial charge in [-0.15, -0.1) is 0 Å². The summed E-state index contributed by atoms with van der Waals surface area (Å²) in [7, 11) is 0. The number of amidine groups is 1. The van der Waals surface area contributed by atoms with E-state index in [1.807, 2.05) is 38.1 Å². The minimum absolute atomic E-state index is 0.229. The van der Waals surface area contributed by atoms with Crippen molar-refractivity contribution in [3.8, 4) is 0 Å². The van der Waals surface area contributed by atoms with E-state index in [1.54, 1.807) is 0 Å². The van der Waals surface area contributed by atoms with Crippen LogP contribution in [0.5, 0.6) is 0 Å². The largest absolute Gasteiger partial charge is 0.383 e. The van der Waals surface area contributed by atoms with Crippen molar-refractivity contribution in [1.82, 2.24) is 0 Å². The van der Waals surface area contributed by atoms with Gasteiger partial charge < -0.3 is 5.73 Å². The highest BCUT2D eigenvalue weighted by Gasteiger charge is 2.02. The van der Waals surface area contributed by atoms with Gasteiger partial charge in [0, 0.05) is 16.1 Å². The molecule has 3 heteroatoms. The topological polar surface area (TPSA) is 38.4 Å². The molecule has 1 aromatic carbocycles. The van der Waals surface area contributed by atoms with Crippen LogP contribution >= 0.6 is 15.9 Å². The van der Waals surface area contributed by atoms with Crippen LogP contribution in [0.15, 0.2) is 33.7 Å². The van der Waals surface area contributed by atoms with Gasteiger partial charge in [-0.2, -0.15) is 0 Å². The third kappa shape index (κ3) is 2.84. The van der Waals surface area contributed by atoms with Gasteiger partial charge in [-0.1, -0.05) is 34.1 Å². The van der Waals surface area contributed by atoms with Crippen molar-refractivity contribution in [2.45, 2.75) is 19.9 Å². The molecular weight excluding hydrogens is 228 g/mol. The number of hydrogen-bond donors (Lipinski definition) is 1. The van der Waals surface area contributed by atoms with E-state index in [0.717, 1.165) is 10.0 Å². The number of halogens is 1. The Bertz CT molecular complexity index is 318. The third-order valence-electron chi connectivity index (χ3n) is 1.55. The lowest BCUT2D eigenvalue weighted by molar-refractivity contribution is 0.834. The van der Waals surface area contributed by atoms with Crippen LogP contribution in [0.1, 0.15) is 19.4 Å². The van der Waals surface area contributed by atoms with E-state index in [-0.39, 0.29) is 6.04 Å². The van der Waals surface area contributed by atoms with Gasteiger partial charge >= 0.3 is 0 Å². The lowest BCUT2D eigenvalue weighted by Crippen LogP contribution is -2.16. The number of aliphatic imine (C=N–C) groups is 1. The molecule has 0 aromatic heterocycles. The highest BCUT2D eigenvalue weighted by molar-refractivity contribution is 9.10. The van der Waals surface area contributed by atoms with E-state index in [2.05, 4.69) is 20.9 Å². The molecule has 0 amide bonds. The Morgan fingerprint density at radius 2 is 2.00 bits per heavy atom.